The van der Waals surface area contributed by atoms with E-state index in [2.05, 4.69) is 20.8 Å². The van der Waals surface area contributed by atoms with Crippen LogP contribution in [0.5, 0.6) is 0 Å². The molecule has 1 aromatic rings. The van der Waals surface area contributed by atoms with Crippen LogP contribution in [0, 0.1) is 29.1 Å². The van der Waals surface area contributed by atoms with Gasteiger partial charge in [0.25, 0.3) is 0 Å². The molecule has 0 aromatic heterocycles. The molecule has 0 heterocycles. The fourth-order valence-electron chi connectivity index (χ4n) is 3.31. The zero-order chi connectivity index (χ0) is 26.1. The monoisotopic (exact) mass is 534 g/mol. The molecule has 200 valence electrons. The van der Waals surface area contributed by atoms with E-state index in [4.69, 9.17) is 0 Å². The van der Waals surface area contributed by atoms with Gasteiger partial charge in [0.2, 0.25) is 5.82 Å². The zero-order valence-corrected chi connectivity index (χ0v) is 22.2. The largest absolute Gasteiger partial charge is 0.744 e. The number of hydrogen-bond donors (Lipinski definition) is 0. The first kappa shape index (κ1) is 33.1. The molecule has 0 atom stereocenters. The highest BCUT2D eigenvalue weighted by Crippen LogP contribution is 2.26. The lowest BCUT2D eigenvalue weighted by Crippen LogP contribution is -2.16. The molecule has 3 nitrogen and oxygen atoms in total. The van der Waals surface area contributed by atoms with Crippen LogP contribution in [-0.4, -0.2) is 30.2 Å². The van der Waals surface area contributed by atoms with E-state index in [1.807, 2.05) is 0 Å². The smallest absolute Gasteiger partial charge is 0.200 e. The van der Waals surface area contributed by atoms with Crippen molar-refractivity contribution in [1.29, 1.82) is 0 Å². The number of unbranched alkanes of at least 4 members (excludes halogenated alkanes) is 9. The van der Waals surface area contributed by atoms with Gasteiger partial charge in [0.1, 0.15) is 32.3 Å². The summed E-state index contributed by atoms with van der Waals surface area (Å²) in [6.45, 7) is 6.94. The van der Waals surface area contributed by atoms with Crippen LogP contribution in [0.25, 0.3) is 0 Å². The fourth-order valence-corrected chi connectivity index (χ4v) is 6.38. The number of halogens is 5. The molecule has 0 aliphatic heterocycles. The molecule has 34 heavy (non-hydrogen) atoms. The van der Waals surface area contributed by atoms with Crippen LogP contribution in [0.4, 0.5) is 22.0 Å². The first-order valence-corrected chi connectivity index (χ1v) is 15.3. The highest BCUT2D eigenvalue weighted by atomic mass is 32.2. The molecule has 10 heteroatoms. The summed E-state index contributed by atoms with van der Waals surface area (Å²) in [6, 6.07) is 0. The molecule has 0 saturated carbocycles. The number of benzene rings is 1. The van der Waals surface area contributed by atoms with Crippen molar-refractivity contribution in [1.82, 2.24) is 0 Å². The Balaban J connectivity index is 0.000000657. The van der Waals surface area contributed by atoms with Crippen molar-refractivity contribution in [2.24, 2.45) is 0 Å². The molecule has 0 bridgehead atoms. The lowest BCUT2D eigenvalue weighted by Gasteiger charge is -2.10. The Hall–Kier alpha value is -0.870. The molecular weight excluding hydrogens is 495 g/mol. The summed E-state index contributed by atoms with van der Waals surface area (Å²) in [5, 5.41) is 0. The second-order valence-corrected chi connectivity index (χ2v) is 12.0. The van der Waals surface area contributed by atoms with Gasteiger partial charge in [0.05, 0.1) is 0 Å². The second kappa shape index (κ2) is 18.4. The molecule has 0 N–H and O–H groups in total. The maximum Gasteiger partial charge on any atom is 0.200 e. The maximum atomic E-state index is 12.6. The molecule has 0 aliphatic carbocycles. The Labute approximate surface area is 205 Å². The first-order chi connectivity index (χ1) is 16.0. The van der Waals surface area contributed by atoms with Gasteiger partial charge in [-0.15, -0.1) is 0 Å². The van der Waals surface area contributed by atoms with Crippen LogP contribution in [0.15, 0.2) is 4.90 Å². The second-order valence-electron chi connectivity index (χ2n) is 8.26. The Kier molecular flexibility index (Phi) is 17.9. The average molecular weight is 535 g/mol. The Morgan fingerprint density at radius 2 is 0.853 bits per heavy atom. The summed E-state index contributed by atoms with van der Waals surface area (Å²) in [7, 11) is -5.01. The molecule has 0 saturated heterocycles. The van der Waals surface area contributed by atoms with Gasteiger partial charge in [-0.05, 0) is 49.4 Å². The molecule has 0 fully saturated rings. The van der Waals surface area contributed by atoms with Crippen molar-refractivity contribution in [3.8, 4) is 0 Å². The van der Waals surface area contributed by atoms with E-state index in [0.29, 0.717) is 0 Å². The van der Waals surface area contributed by atoms with E-state index in [0.717, 1.165) is 10.9 Å². The van der Waals surface area contributed by atoms with Crippen LogP contribution < -0.4 is 0 Å². The Morgan fingerprint density at radius 3 is 1.12 bits per heavy atom. The summed E-state index contributed by atoms with van der Waals surface area (Å²) in [5.41, 5.74) is 0. The average Bonchev–Trinajstić information content (AvgIpc) is 2.78. The first-order valence-electron chi connectivity index (χ1n) is 12.1. The minimum absolute atomic E-state index is 0.765. The molecule has 0 radical (unpaired) electrons. The van der Waals surface area contributed by atoms with Gasteiger partial charge in [0.15, 0.2) is 23.3 Å². The van der Waals surface area contributed by atoms with Crippen molar-refractivity contribution in [3.05, 3.63) is 29.1 Å². The van der Waals surface area contributed by atoms with Crippen molar-refractivity contribution < 1.29 is 34.9 Å². The molecule has 0 amide bonds. The Morgan fingerprint density at radius 1 is 0.559 bits per heavy atom. The van der Waals surface area contributed by atoms with Crippen LogP contribution in [0.1, 0.15) is 97.8 Å². The molecule has 1 rings (SSSR count). The highest BCUT2D eigenvalue weighted by Gasteiger charge is 2.28. The minimum atomic E-state index is -5.77. The lowest BCUT2D eigenvalue weighted by atomic mass is 10.2. The van der Waals surface area contributed by atoms with Gasteiger partial charge in [-0.1, -0.05) is 59.3 Å². The van der Waals surface area contributed by atoms with Crippen molar-refractivity contribution >= 4 is 21.0 Å². The summed E-state index contributed by atoms with van der Waals surface area (Å²) in [4.78, 5) is -2.38. The topological polar surface area (TPSA) is 57.2 Å². The summed E-state index contributed by atoms with van der Waals surface area (Å²) < 4.78 is 92.9. The van der Waals surface area contributed by atoms with Crippen LogP contribution >= 0.6 is 0 Å². The zero-order valence-electron chi connectivity index (χ0n) is 20.5. The van der Waals surface area contributed by atoms with E-state index in [9.17, 15) is 34.9 Å². The summed E-state index contributed by atoms with van der Waals surface area (Å²) in [6.07, 6.45) is 17.4. The normalized spacial score (nSPS) is 11.6. The molecule has 0 spiro atoms. The lowest BCUT2D eigenvalue weighted by molar-refractivity contribution is 0.350. The minimum Gasteiger partial charge on any atom is -0.744 e. The van der Waals surface area contributed by atoms with Crippen LogP contribution in [-0.2, 0) is 21.0 Å². The van der Waals surface area contributed by atoms with Gasteiger partial charge in [-0.3, -0.25) is 0 Å². The number of hydrogen-bond acceptors (Lipinski definition) is 3. The maximum absolute atomic E-state index is 12.6. The van der Waals surface area contributed by atoms with Gasteiger partial charge in [0, 0.05) is 0 Å². The molecule has 0 aliphatic rings. The highest BCUT2D eigenvalue weighted by molar-refractivity contribution is 7.96. The van der Waals surface area contributed by atoms with E-state index in [1.54, 1.807) is 0 Å². The molecule has 0 unspecified atom stereocenters. The fraction of sp³-hybridized carbons (Fsp3) is 0.750. The van der Waals surface area contributed by atoms with Gasteiger partial charge in [-0.25, -0.2) is 30.4 Å². The van der Waals surface area contributed by atoms with Crippen molar-refractivity contribution in [2.75, 3.05) is 17.3 Å². The Bertz CT molecular complexity index is 747. The van der Waals surface area contributed by atoms with E-state index in [1.165, 1.54) is 94.3 Å². The van der Waals surface area contributed by atoms with Crippen molar-refractivity contribution in [2.45, 2.75) is 103 Å². The summed E-state index contributed by atoms with van der Waals surface area (Å²) >= 11 is 0. The summed E-state index contributed by atoms with van der Waals surface area (Å²) in [5.74, 6) is -8.21. The van der Waals surface area contributed by atoms with E-state index >= 15 is 0 Å². The van der Waals surface area contributed by atoms with Crippen LogP contribution in [0.3, 0.4) is 0 Å². The van der Waals surface area contributed by atoms with E-state index < -0.39 is 44.1 Å². The molecule has 1 aromatic carbocycles. The predicted octanol–water partition coefficient (Wildman–Crippen LogP) is 7.63. The van der Waals surface area contributed by atoms with Crippen LogP contribution in [0.2, 0.25) is 0 Å². The van der Waals surface area contributed by atoms with Gasteiger partial charge in [-0.2, -0.15) is 0 Å². The number of rotatable bonds is 16. The quantitative estimate of drug-likeness (QED) is 0.0547. The third-order valence-electron chi connectivity index (χ3n) is 5.28. The van der Waals surface area contributed by atoms with Crippen molar-refractivity contribution in [3.63, 3.8) is 0 Å². The molecular formula is C24H39F5O3S2. The predicted molar refractivity (Wildman–Crippen MR) is 129 cm³/mol. The van der Waals surface area contributed by atoms with E-state index in [-0.39, 0.29) is 0 Å². The standard InChI is InChI=1S/C18H39S.C6HF5O3S/c1-4-7-10-13-16-19(17-14-11-8-5-2)18-15-12-9-6-3;7-1-2(8)4(10)6(15(12,13)14)5(11)3(1)9/h4-18H2,1-3H3;(H,12,13,14)/q+1;/p-1. The third kappa shape index (κ3) is 12.7. The van der Waals surface area contributed by atoms with Gasteiger partial charge >= 0.3 is 0 Å². The third-order valence-corrected chi connectivity index (χ3v) is 8.74. The SMILES string of the molecule is CCCCCC[S+](CCCCCC)CCCCCC.O=S(=O)([O-])c1c(F)c(F)c(F)c(F)c1F. The van der Waals surface area contributed by atoms with Gasteiger partial charge < -0.3 is 4.55 Å².